The van der Waals surface area contributed by atoms with Gasteiger partial charge in [0.15, 0.2) is 0 Å². The number of hydrogen-bond donors (Lipinski definition) is 3. The minimum absolute atomic E-state index is 0.215. The van der Waals surface area contributed by atoms with Crippen molar-refractivity contribution in [3.63, 3.8) is 0 Å². The van der Waals surface area contributed by atoms with Gasteiger partial charge in [0.25, 0.3) is 0 Å². The second-order valence-electron chi connectivity index (χ2n) is 2.92. The van der Waals surface area contributed by atoms with Gasteiger partial charge in [0.1, 0.15) is 5.82 Å². The van der Waals surface area contributed by atoms with Crippen LogP contribution in [0.1, 0.15) is 5.82 Å². The molecule has 0 amide bonds. The number of aliphatic hydroxyl groups is 2. The number of aryl methyl sites for hydroxylation is 1. The Hall–Kier alpha value is -0.910. The van der Waals surface area contributed by atoms with Crippen molar-refractivity contribution in [2.24, 2.45) is 7.05 Å². The Balaban J connectivity index is 2.24. The SMILES string of the molecule is Cn1ccnc1CNC[C@H](O)CO. The van der Waals surface area contributed by atoms with Gasteiger partial charge in [-0.25, -0.2) is 4.98 Å². The van der Waals surface area contributed by atoms with Crippen LogP contribution in [0.2, 0.25) is 0 Å². The molecule has 0 radical (unpaired) electrons. The lowest BCUT2D eigenvalue weighted by atomic mass is 10.4. The standard InChI is InChI=1S/C8H15N3O2/c1-11-3-2-10-8(11)5-9-4-7(13)6-12/h2-3,7,9,12-13H,4-6H2,1H3/t7-/m0/s1. The summed E-state index contributed by atoms with van der Waals surface area (Å²) in [6.07, 6.45) is 2.89. The first-order valence-corrected chi connectivity index (χ1v) is 4.20. The first-order valence-electron chi connectivity index (χ1n) is 4.20. The largest absolute Gasteiger partial charge is 0.394 e. The number of imidazole rings is 1. The van der Waals surface area contributed by atoms with E-state index in [1.165, 1.54) is 0 Å². The molecule has 5 nitrogen and oxygen atoms in total. The summed E-state index contributed by atoms with van der Waals surface area (Å²) in [5.74, 6) is 0.908. The van der Waals surface area contributed by atoms with Gasteiger partial charge in [0.2, 0.25) is 0 Å². The molecule has 13 heavy (non-hydrogen) atoms. The van der Waals surface area contributed by atoms with Crippen molar-refractivity contribution < 1.29 is 10.2 Å². The van der Waals surface area contributed by atoms with Gasteiger partial charge in [0.05, 0.1) is 19.3 Å². The van der Waals surface area contributed by atoms with Crippen LogP contribution in [0.25, 0.3) is 0 Å². The van der Waals surface area contributed by atoms with E-state index in [0.29, 0.717) is 13.1 Å². The number of aromatic nitrogens is 2. The third kappa shape index (κ3) is 3.14. The summed E-state index contributed by atoms with van der Waals surface area (Å²) in [6.45, 7) is 0.761. The summed E-state index contributed by atoms with van der Waals surface area (Å²) in [6, 6.07) is 0. The fraction of sp³-hybridized carbons (Fsp3) is 0.625. The third-order valence-electron chi connectivity index (χ3n) is 1.79. The summed E-state index contributed by atoms with van der Waals surface area (Å²) in [7, 11) is 1.91. The van der Waals surface area contributed by atoms with E-state index in [2.05, 4.69) is 10.3 Å². The van der Waals surface area contributed by atoms with Gasteiger partial charge in [-0.1, -0.05) is 0 Å². The minimum atomic E-state index is -0.694. The quantitative estimate of drug-likeness (QED) is 0.542. The highest BCUT2D eigenvalue weighted by Crippen LogP contribution is 1.92. The Kier molecular flexibility index (Phi) is 3.88. The molecule has 0 fully saturated rings. The van der Waals surface area contributed by atoms with Gasteiger partial charge < -0.3 is 20.1 Å². The first-order chi connectivity index (χ1) is 6.24. The van der Waals surface area contributed by atoms with E-state index < -0.39 is 6.10 Å². The van der Waals surface area contributed by atoms with Crippen LogP contribution in [-0.2, 0) is 13.6 Å². The lowest BCUT2D eigenvalue weighted by Gasteiger charge is -2.08. The van der Waals surface area contributed by atoms with E-state index in [-0.39, 0.29) is 6.61 Å². The van der Waals surface area contributed by atoms with E-state index in [4.69, 9.17) is 10.2 Å². The van der Waals surface area contributed by atoms with Crippen LogP contribution in [0.3, 0.4) is 0 Å². The normalized spacial score (nSPS) is 13.2. The third-order valence-corrected chi connectivity index (χ3v) is 1.79. The van der Waals surface area contributed by atoms with E-state index in [1.54, 1.807) is 6.20 Å². The summed E-state index contributed by atoms with van der Waals surface area (Å²) in [5.41, 5.74) is 0. The summed E-state index contributed by atoms with van der Waals surface area (Å²) in [4.78, 5) is 4.09. The molecule has 0 saturated heterocycles. The number of rotatable bonds is 5. The van der Waals surface area contributed by atoms with Crippen molar-refractivity contribution >= 4 is 0 Å². The molecule has 0 spiro atoms. The molecule has 0 aliphatic heterocycles. The Morgan fingerprint density at radius 2 is 2.46 bits per heavy atom. The molecular weight excluding hydrogens is 170 g/mol. The number of aliphatic hydroxyl groups excluding tert-OH is 2. The molecule has 1 rings (SSSR count). The molecule has 1 aromatic rings. The van der Waals surface area contributed by atoms with Crippen LogP contribution < -0.4 is 5.32 Å². The van der Waals surface area contributed by atoms with Gasteiger partial charge in [-0.15, -0.1) is 0 Å². The summed E-state index contributed by atoms with van der Waals surface area (Å²) < 4.78 is 1.90. The molecule has 1 heterocycles. The Bertz CT molecular complexity index is 249. The van der Waals surface area contributed by atoms with Gasteiger partial charge in [-0.05, 0) is 0 Å². The average Bonchev–Trinajstić information content (AvgIpc) is 2.52. The van der Waals surface area contributed by atoms with Crippen molar-refractivity contribution in [3.05, 3.63) is 18.2 Å². The van der Waals surface area contributed by atoms with E-state index in [0.717, 1.165) is 5.82 Å². The van der Waals surface area contributed by atoms with Crippen LogP contribution in [-0.4, -0.2) is 39.0 Å². The Morgan fingerprint density at radius 3 is 3.00 bits per heavy atom. The Labute approximate surface area is 77.0 Å². The molecule has 74 valence electrons. The topological polar surface area (TPSA) is 70.3 Å². The molecule has 3 N–H and O–H groups in total. The molecule has 0 aromatic carbocycles. The van der Waals surface area contributed by atoms with Crippen LogP contribution in [0.4, 0.5) is 0 Å². The minimum Gasteiger partial charge on any atom is -0.394 e. The van der Waals surface area contributed by atoms with Gasteiger partial charge in [-0.3, -0.25) is 0 Å². The van der Waals surface area contributed by atoms with Gasteiger partial charge in [-0.2, -0.15) is 0 Å². The Morgan fingerprint density at radius 1 is 1.69 bits per heavy atom. The molecule has 0 unspecified atom stereocenters. The van der Waals surface area contributed by atoms with E-state index in [9.17, 15) is 0 Å². The number of hydrogen-bond acceptors (Lipinski definition) is 4. The first kappa shape index (κ1) is 10.2. The highest BCUT2D eigenvalue weighted by Gasteiger charge is 2.02. The fourth-order valence-corrected chi connectivity index (χ4v) is 0.982. The molecular formula is C8H15N3O2. The van der Waals surface area contributed by atoms with E-state index in [1.807, 2.05) is 17.8 Å². The smallest absolute Gasteiger partial charge is 0.122 e. The summed E-state index contributed by atoms with van der Waals surface area (Å²) >= 11 is 0. The van der Waals surface area contributed by atoms with Crippen LogP contribution >= 0.6 is 0 Å². The number of nitrogens with one attached hydrogen (secondary N) is 1. The van der Waals surface area contributed by atoms with Crippen molar-refractivity contribution in [1.29, 1.82) is 0 Å². The average molecular weight is 185 g/mol. The zero-order valence-corrected chi connectivity index (χ0v) is 7.64. The van der Waals surface area contributed by atoms with Crippen LogP contribution in [0.5, 0.6) is 0 Å². The summed E-state index contributed by atoms with van der Waals surface area (Å²) in [5, 5.41) is 20.5. The molecule has 5 heteroatoms. The predicted octanol–water partition coefficient (Wildman–Crippen LogP) is -1.14. The molecule has 1 atom stereocenters. The molecule has 0 aliphatic rings. The second kappa shape index (κ2) is 4.96. The molecule has 1 aromatic heterocycles. The zero-order chi connectivity index (χ0) is 9.68. The molecule has 0 aliphatic carbocycles. The second-order valence-corrected chi connectivity index (χ2v) is 2.92. The van der Waals surface area contributed by atoms with Crippen molar-refractivity contribution in [1.82, 2.24) is 14.9 Å². The van der Waals surface area contributed by atoms with Crippen molar-refractivity contribution in [2.45, 2.75) is 12.6 Å². The zero-order valence-electron chi connectivity index (χ0n) is 7.64. The lowest BCUT2D eigenvalue weighted by Crippen LogP contribution is -2.29. The maximum Gasteiger partial charge on any atom is 0.122 e. The highest BCUT2D eigenvalue weighted by molar-refractivity contribution is 4.90. The maximum atomic E-state index is 9.02. The van der Waals surface area contributed by atoms with Crippen molar-refractivity contribution in [2.75, 3.05) is 13.2 Å². The monoisotopic (exact) mass is 185 g/mol. The maximum absolute atomic E-state index is 9.02. The van der Waals surface area contributed by atoms with Gasteiger partial charge in [0, 0.05) is 26.0 Å². The van der Waals surface area contributed by atoms with Crippen molar-refractivity contribution in [3.8, 4) is 0 Å². The lowest BCUT2D eigenvalue weighted by molar-refractivity contribution is 0.0940. The number of nitrogens with zero attached hydrogens (tertiary/aromatic N) is 2. The fourth-order valence-electron chi connectivity index (χ4n) is 0.982. The van der Waals surface area contributed by atoms with Crippen LogP contribution in [0.15, 0.2) is 12.4 Å². The van der Waals surface area contributed by atoms with Gasteiger partial charge >= 0.3 is 0 Å². The predicted molar refractivity (Wildman–Crippen MR) is 48.0 cm³/mol. The van der Waals surface area contributed by atoms with E-state index >= 15 is 0 Å². The highest BCUT2D eigenvalue weighted by atomic mass is 16.3. The molecule has 0 saturated carbocycles. The van der Waals surface area contributed by atoms with Crippen LogP contribution in [0, 0.1) is 0 Å². The molecule has 0 bridgehead atoms.